The van der Waals surface area contributed by atoms with Gasteiger partial charge in [-0.1, -0.05) is 12.1 Å². The maximum Gasteiger partial charge on any atom is 0.256 e. The van der Waals surface area contributed by atoms with Gasteiger partial charge in [-0.05, 0) is 18.2 Å². The summed E-state index contributed by atoms with van der Waals surface area (Å²) in [6.45, 7) is 1.61. The number of rotatable bonds is 2. The average Bonchev–Trinajstić information content (AvgIpc) is 2.99. The molecular formula is C17H18N4O3. The summed E-state index contributed by atoms with van der Waals surface area (Å²) in [4.78, 5) is 27.0. The number of carbonyl (C=O) groups is 2. The Labute approximate surface area is 139 Å². The van der Waals surface area contributed by atoms with E-state index in [1.165, 1.54) is 0 Å². The molecule has 2 atom stereocenters. The zero-order valence-corrected chi connectivity index (χ0v) is 13.1. The second-order valence-corrected chi connectivity index (χ2v) is 6.12. The van der Waals surface area contributed by atoms with Gasteiger partial charge in [0.15, 0.2) is 0 Å². The first kappa shape index (κ1) is 14.9. The van der Waals surface area contributed by atoms with Crippen molar-refractivity contribution in [2.45, 2.75) is 6.04 Å². The molecule has 2 aliphatic rings. The molecule has 7 nitrogen and oxygen atoms in total. The summed E-state index contributed by atoms with van der Waals surface area (Å²) in [6.07, 6.45) is 3.49. The van der Waals surface area contributed by atoms with Gasteiger partial charge >= 0.3 is 0 Å². The Morgan fingerprint density at radius 3 is 2.92 bits per heavy atom. The highest BCUT2D eigenvalue weighted by Crippen LogP contribution is 2.20. The molecule has 2 aliphatic heterocycles. The molecule has 1 N–H and O–H groups in total. The van der Waals surface area contributed by atoms with Crippen LogP contribution in [-0.2, 0) is 9.53 Å². The van der Waals surface area contributed by atoms with Crippen molar-refractivity contribution in [2.75, 3.05) is 26.3 Å². The number of amides is 2. The minimum Gasteiger partial charge on any atom is -0.378 e. The van der Waals surface area contributed by atoms with Crippen molar-refractivity contribution in [3.63, 3.8) is 0 Å². The smallest absolute Gasteiger partial charge is 0.256 e. The van der Waals surface area contributed by atoms with Gasteiger partial charge in [0.25, 0.3) is 5.91 Å². The van der Waals surface area contributed by atoms with Crippen molar-refractivity contribution >= 4 is 11.8 Å². The number of para-hydroxylation sites is 1. The van der Waals surface area contributed by atoms with Crippen LogP contribution in [0.5, 0.6) is 0 Å². The highest BCUT2D eigenvalue weighted by Gasteiger charge is 2.35. The van der Waals surface area contributed by atoms with Crippen LogP contribution in [0.3, 0.4) is 0 Å². The van der Waals surface area contributed by atoms with E-state index >= 15 is 0 Å². The molecule has 24 heavy (non-hydrogen) atoms. The molecule has 2 aromatic rings. The second kappa shape index (κ2) is 6.09. The Balaban J connectivity index is 1.66. The van der Waals surface area contributed by atoms with E-state index in [2.05, 4.69) is 10.4 Å². The van der Waals surface area contributed by atoms with Crippen molar-refractivity contribution in [1.29, 1.82) is 0 Å². The normalized spacial score (nSPS) is 23.5. The van der Waals surface area contributed by atoms with Gasteiger partial charge in [-0.2, -0.15) is 5.10 Å². The monoisotopic (exact) mass is 326 g/mol. The molecule has 0 aliphatic carbocycles. The third-order valence-electron chi connectivity index (χ3n) is 4.41. The lowest BCUT2D eigenvalue weighted by molar-refractivity contribution is -0.125. The van der Waals surface area contributed by atoms with Crippen LogP contribution in [0.2, 0.25) is 0 Å². The number of carbonyl (C=O) groups excluding carboxylic acids is 2. The SMILES string of the molecule is O=C1N[C@@H]2COC[C@H]1CN(C(=O)c1ccccc1-n1cccn1)C2. The number of aromatic nitrogens is 2. The number of hydrogen-bond acceptors (Lipinski definition) is 4. The molecule has 0 radical (unpaired) electrons. The minimum atomic E-state index is -0.321. The summed E-state index contributed by atoms with van der Waals surface area (Å²) in [5.41, 5.74) is 1.31. The Morgan fingerprint density at radius 1 is 1.21 bits per heavy atom. The quantitative estimate of drug-likeness (QED) is 0.870. The molecule has 0 spiro atoms. The summed E-state index contributed by atoms with van der Waals surface area (Å²) >= 11 is 0. The van der Waals surface area contributed by atoms with Gasteiger partial charge in [-0.3, -0.25) is 9.59 Å². The molecular weight excluding hydrogens is 308 g/mol. The highest BCUT2D eigenvalue weighted by atomic mass is 16.5. The Bertz CT molecular complexity index is 759. The molecule has 4 rings (SSSR count). The molecule has 2 saturated heterocycles. The van der Waals surface area contributed by atoms with Crippen LogP contribution in [0.25, 0.3) is 5.69 Å². The number of fused-ring (bicyclic) bond motifs is 3. The maximum absolute atomic E-state index is 13.1. The molecule has 1 aromatic carbocycles. The predicted molar refractivity (Wildman–Crippen MR) is 85.7 cm³/mol. The summed E-state index contributed by atoms with van der Waals surface area (Å²) in [7, 11) is 0. The molecule has 124 valence electrons. The van der Waals surface area contributed by atoms with Gasteiger partial charge in [0.2, 0.25) is 5.91 Å². The minimum absolute atomic E-state index is 0.0341. The van der Waals surface area contributed by atoms with Gasteiger partial charge in [0.05, 0.1) is 36.4 Å². The number of benzene rings is 1. The van der Waals surface area contributed by atoms with Gasteiger partial charge in [0.1, 0.15) is 0 Å². The third kappa shape index (κ3) is 2.67. The van der Waals surface area contributed by atoms with Crippen LogP contribution in [0.1, 0.15) is 10.4 Å². The molecule has 1 aromatic heterocycles. The van der Waals surface area contributed by atoms with Crippen LogP contribution in [0, 0.1) is 5.92 Å². The predicted octanol–water partition coefficient (Wildman–Crippen LogP) is 0.459. The molecule has 7 heteroatoms. The van der Waals surface area contributed by atoms with E-state index in [-0.39, 0.29) is 23.8 Å². The molecule has 3 heterocycles. The van der Waals surface area contributed by atoms with E-state index in [0.717, 1.165) is 5.69 Å². The number of ether oxygens (including phenoxy) is 1. The molecule has 2 fully saturated rings. The second-order valence-electron chi connectivity index (χ2n) is 6.12. The number of nitrogens with zero attached hydrogens (tertiary/aromatic N) is 3. The van der Waals surface area contributed by atoms with Crippen LogP contribution in [0.4, 0.5) is 0 Å². The van der Waals surface area contributed by atoms with Crippen molar-refractivity contribution in [3.8, 4) is 5.69 Å². The zero-order valence-electron chi connectivity index (χ0n) is 13.1. The van der Waals surface area contributed by atoms with Crippen LogP contribution >= 0.6 is 0 Å². The fourth-order valence-electron chi connectivity index (χ4n) is 3.23. The Hall–Kier alpha value is -2.67. The van der Waals surface area contributed by atoms with Crippen molar-refractivity contribution in [1.82, 2.24) is 20.0 Å². The summed E-state index contributed by atoms with van der Waals surface area (Å²) in [6, 6.07) is 9.04. The maximum atomic E-state index is 13.1. The van der Waals surface area contributed by atoms with Crippen molar-refractivity contribution in [3.05, 3.63) is 48.3 Å². The Kier molecular flexibility index (Phi) is 3.78. The van der Waals surface area contributed by atoms with E-state index in [4.69, 9.17) is 4.74 Å². The first-order valence-corrected chi connectivity index (χ1v) is 7.99. The average molecular weight is 326 g/mol. The molecule has 2 bridgehead atoms. The van der Waals surface area contributed by atoms with Crippen molar-refractivity contribution < 1.29 is 14.3 Å². The van der Waals surface area contributed by atoms with E-state index in [1.807, 2.05) is 30.5 Å². The highest BCUT2D eigenvalue weighted by molar-refractivity contribution is 5.98. The Morgan fingerprint density at radius 2 is 2.08 bits per heavy atom. The lowest BCUT2D eigenvalue weighted by Crippen LogP contribution is -2.44. The van der Waals surface area contributed by atoms with E-state index < -0.39 is 0 Å². The van der Waals surface area contributed by atoms with E-state index in [1.54, 1.807) is 21.8 Å². The van der Waals surface area contributed by atoms with Crippen LogP contribution in [-0.4, -0.2) is 58.8 Å². The number of nitrogens with one attached hydrogen (secondary N) is 1. The van der Waals surface area contributed by atoms with Gasteiger partial charge in [-0.15, -0.1) is 0 Å². The fraction of sp³-hybridized carbons (Fsp3) is 0.353. The zero-order chi connectivity index (χ0) is 16.5. The summed E-state index contributed by atoms with van der Waals surface area (Å²) in [5, 5.41) is 7.17. The topological polar surface area (TPSA) is 76.5 Å². The van der Waals surface area contributed by atoms with E-state index in [9.17, 15) is 9.59 Å². The van der Waals surface area contributed by atoms with Crippen LogP contribution < -0.4 is 5.32 Å². The van der Waals surface area contributed by atoms with E-state index in [0.29, 0.717) is 31.9 Å². The van der Waals surface area contributed by atoms with Gasteiger partial charge in [0, 0.05) is 25.5 Å². The lowest BCUT2D eigenvalue weighted by Gasteiger charge is -2.28. The molecule has 0 unspecified atom stereocenters. The fourth-order valence-corrected chi connectivity index (χ4v) is 3.23. The summed E-state index contributed by atoms with van der Waals surface area (Å²) in [5.74, 6) is -0.444. The number of hydrogen-bond donors (Lipinski definition) is 1. The summed E-state index contributed by atoms with van der Waals surface area (Å²) < 4.78 is 7.19. The third-order valence-corrected chi connectivity index (χ3v) is 4.41. The van der Waals surface area contributed by atoms with Crippen molar-refractivity contribution in [2.24, 2.45) is 5.92 Å². The van der Waals surface area contributed by atoms with Gasteiger partial charge in [-0.25, -0.2) is 4.68 Å². The lowest BCUT2D eigenvalue weighted by atomic mass is 10.1. The molecule has 2 amide bonds. The largest absolute Gasteiger partial charge is 0.378 e. The van der Waals surface area contributed by atoms with Crippen LogP contribution in [0.15, 0.2) is 42.7 Å². The molecule has 0 saturated carbocycles. The first-order valence-electron chi connectivity index (χ1n) is 7.99. The van der Waals surface area contributed by atoms with Gasteiger partial charge < -0.3 is 15.0 Å². The first-order chi connectivity index (χ1) is 11.7. The standard InChI is InChI=1S/C17H18N4O3/c22-16-12-8-20(9-13(19-16)11-24-10-12)17(23)14-4-1-2-5-15(14)21-7-3-6-18-21/h1-7,12-13H,8-11H2,(H,19,22)/t12-,13+/m1/s1.